The quantitative estimate of drug-likeness (QED) is 0.249. The number of nitrogen functional groups attached to an aromatic ring is 2. The summed E-state index contributed by atoms with van der Waals surface area (Å²) < 4.78 is 0. The molecule has 0 aliphatic heterocycles. The highest BCUT2D eigenvalue weighted by molar-refractivity contribution is 8.00. The predicted octanol–water partition coefficient (Wildman–Crippen LogP) is 1.94. The lowest BCUT2D eigenvalue weighted by Gasteiger charge is -2.22. The minimum Gasteiger partial charge on any atom is -0.398 e. The number of nitrogens with two attached hydrogens (primary N) is 3. The molecule has 0 saturated heterocycles. The Balaban J connectivity index is 3.12. The molecule has 0 amide bonds. The maximum Gasteiger partial charge on any atom is 0.294 e. The van der Waals surface area contributed by atoms with E-state index in [1.165, 1.54) is 23.9 Å². The van der Waals surface area contributed by atoms with Crippen LogP contribution in [0.3, 0.4) is 0 Å². The van der Waals surface area contributed by atoms with Crippen molar-refractivity contribution in [2.45, 2.75) is 30.0 Å². The highest BCUT2D eigenvalue weighted by Gasteiger charge is 2.21. The minimum atomic E-state index is -0.554. The summed E-state index contributed by atoms with van der Waals surface area (Å²) in [6.45, 7) is 3.83. The zero-order valence-corrected chi connectivity index (χ0v) is 10.6. The third-order valence-corrected chi connectivity index (χ3v) is 3.73. The second-order valence-corrected chi connectivity index (χ2v) is 5.55. The van der Waals surface area contributed by atoms with Gasteiger partial charge < -0.3 is 17.2 Å². The third kappa shape index (κ3) is 3.24. The van der Waals surface area contributed by atoms with Crippen LogP contribution >= 0.6 is 11.8 Å². The van der Waals surface area contributed by atoms with Gasteiger partial charge in [0.15, 0.2) is 0 Å². The van der Waals surface area contributed by atoms with E-state index in [1.807, 2.05) is 13.8 Å². The topological polar surface area (TPSA) is 121 Å². The number of rotatable bonds is 4. The maximum atomic E-state index is 10.7. The van der Waals surface area contributed by atoms with E-state index >= 15 is 0 Å². The number of nitrogens with zero attached hydrogens (tertiary/aromatic N) is 1. The van der Waals surface area contributed by atoms with Crippen LogP contribution in [-0.4, -0.2) is 9.79 Å². The first-order valence-corrected chi connectivity index (χ1v) is 5.89. The van der Waals surface area contributed by atoms with Crippen molar-refractivity contribution in [3.63, 3.8) is 0 Å². The Morgan fingerprint density at radius 3 is 2.47 bits per heavy atom. The monoisotopic (exact) mass is 256 g/mol. The molecule has 0 aromatic heterocycles. The summed E-state index contributed by atoms with van der Waals surface area (Å²) in [4.78, 5) is 10.3. The smallest absolute Gasteiger partial charge is 0.294 e. The molecule has 94 valence electrons. The predicted molar refractivity (Wildman–Crippen MR) is 70.7 cm³/mol. The lowest BCUT2D eigenvalue weighted by Crippen LogP contribution is -2.30. The van der Waals surface area contributed by atoms with Crippen LogP contribution in [0.25, 0.3) is 0 Å². The van der Waals surface area contributed by atoms with E-state index in [4.69, 9.17) is 17.2 Å². The van der Waals surface area contributed by atoms with Gasteiger partial charge in [0.25, 0.3) is 5.69 Å². The summed E-state index contributed by atoms with van der Waals surface area (Å²) in [6, 6.07) is 2.77. The van der Waals surface area contributed by atoms with E-state index < -0.39 is 9.79 Å². The molecule has 6 N–H and O–H groups in total. The van der Waals surface area contributed by atoms with Crippen LogP contribution in [0.15, 0.2) is 17.0 Å². The Bertz CT molecular complexity index is 448. The van der Waals surface area contributed by atoms with Crippen molar-refractivity contribution < 1.29 is 4.92 Å². The zero-order valence-electron chi connectivity index (χ0n) is 9.77. The summed E-state index contributed by atoms with van der Waals surface area (Å²) in [5, 5.41) is 10.7. The Morgan fingerprint density at radius 1 is 1.41 bits per heavy atom. The normalized spacial score (nSPS) is 14.3. The fraction of sp³-hybridized carbons (Fsp3) is 0.400. The van der Waals surface area contributed by atoms with Gasteiger partial charge in [-0.05, 0) is 19.4 Å². The van der Waals surface area contributed by atoms with Crippen molar-refractivity contribution in [2.24, 2.45) is 5.73 Å². The molecule has 0 aliphatic rings. The molecule has 0 heterocycles. The van der Waals surface area contributed by atoms with Crippen molar-refractivity contribution in [3.8, 4) is 0 Å². The Hall–Kier alpha value is -1.47. The fourth-order valence-corrected chi connectivity index (χ4v) is 2.18. The summed E-state index contributed by atoms with van der Waals surface area (Å²) in [5.74, 6) is 0. The molecular formula is C10H16N4O2S. The third-order valence-electron chi connectivity index (χ3n) is 2.40. The van der Waals surface area contributed by atoms with E-state index in [2.05, 4.69) is 0 Å². The van der Waals surface area contributed by atoms with Gasteiger partial charge in [-0.1, -0.05) is 6.92 Å². The highest BCUT2D eigenvalue weighted by Crippen LogP contribution is 2.38. The molecule has 7 heteroatoms. The molecule has 17 heavy (non-hydrogen) atoms. The molecular weight excluding hydrogens is 240 g/mol. The second kappa shape index (κ2) is 4.80. The van der Waals surface area contributed by atoms with Crippen molar-refractivity contribution in [2.75, 3.05) is 11.5 Å². The van der Waals surface area contributed by atoms with E-state index in [-0.39, 0.29) is 11.4 Å². The number of benzene rings is 1. The molecule has 0 bridgehead atoms. The molecule has 1 unspecified atom stereocenters. The van der Waals surface area contributed by atoms with Crippen LogP contribution in [0.5, 0.6) is 0 Å². The SMILES string of the molecule is CCC(C)(N)Sc1cc(N)c([N+](=O)[O-])cc1N. The average molecular weight is 256 g/mol. The summed E-state index contributed by atoms with van der Waals surface area (Å²) >= 11 is 1.36. The number of nitro benzene ring substituents is 1. The van der Waals surface area contributed by atoms with Crippen LogP contribution in [0.2, 0.25) is 0 Å². The second-order valence-electron chi connectivity index (χ2n) is 3.97. The minimum absolute atomic E-state index is 0.0959. The lowest BCUT2D eigenvalue weighted by atomic mass is 10.2. The standard InChI is InChI=1S/C10H16N4O2S/c1-3-10(2,13)17-9-5-6(11)8(14(15)16)4-7(9)12/h4-5H,3,11-13H2,1-2H3. The van der Waals surface area contributed by atoms with Gasteiger partial charge in [-0.2, -0.15) is 0 Å². The molecule has 1 aromatic rings. The van der Waals surface area contributed by atoms with Gasteiger partial charge in [-0.15, -0.1) is 11.8 Å². The van der Waals surface area contributed by atoms with Gasteiger partial charge in [0.2, 0.25) is 0 Å². The molecule has 0 spiro atoms. The van der Waals surface area contributed by atoms with Gasteiger partial charge in [-0.25, -0.2) is 0 Å². The van der Waals surface area contributed by atoms with Crippen LogP contribution in [0.1, 0.15) is 20.3 Å². The number of anilines is 2. The zero-order chi connectivity index (χ0) is 13.2. The Morgan fingerprint density at radius 2 is 2.00 bits per heavy atom. The first-order chi connectivity index (χ1) is 7.76. The van der Waals surface area contributed by atoms with E-state index in [0.29, 0.717) is 10.6 Å². The maximum absolute atomic E-state index is 10.7. The van der Waals surface area contributed by atoms with Crippen LogP contribution in [-0.2, 0) is 0 Å². The van der Waals surface area contributed by atoms with Gasteiger partial charge in [-0.3, -0.25) is 10.1 Å². The highest BCUT2D eigenvalue weighted by atomic mass is 32.2. The van der Waals surface area contributed by atoms with Crippen LogP contribution in [0.4, 0.5) is 17.1 Å². The van der Waals surface area contributed by atoms with Crippen molar-refractivity contribution >= 4 is 28.8 Å². The van der Waals surface area contributed by atoms with E-state index in [9.17, 15) is 10.1 Å². The van der Waals surface area contributed by atoms with Gasteiger partial charge >= 0.3 is 0 Å². The lowest BCUT2D eigenvalue weighted by molar-refractivity contribution is -0.383. The number of thioether (sulfide) groups is 1. The van der Waals surface area contributed by atoms with E-state index in [1.54, 1.807) is 0 Å². The molecule has 1 rings (SSSR count). The van der Waals surface area contributed by atoms with Crippen LogP contribution < -0.4 is 17.2 Å². The first-order valence-electron chi connectivity index (χ1n) is 5.08. The fourth-order valence-electron chi connectivity index (χ4n) is 1.17. The largest absolute Gasteiger partial charge is 0.398 e. The molecule has 0 aliphatic carbocycles. The number of nitro groups is 1. The Kier molecular flexibility index (Phi) is 3.84. The van der Waals surface area contributed by atoms with Crippen molar-refractivity contribution in [1.82, 2.24) is 0 Å². The van der Waals surface area contributed by atoms with Crippen molar-refractivity contribution in [1.29, 1.82) is 0 Å². The number of hydrogen-bond donors (Lipinski definition) is 3. The van der Waals surface area contributed by atoms with Gasteiger partial charge in [0.1, 0.15) is 5.69 Å². The molecule has 1 atom stereocenters. The first kappa shape index (κ1) is 13.6. The van der Waals surface area contributed by atoms with Gasteiger partial charge in [0, 0.05) is 11.0 Å². The summed E-state index contributed by atoms with van der Waals surface area (Å²) in [7, 11) is 0. The van der Waals surface area contributed by atoms with Crippen molar-refractivity contribution in [3.05, 3.63) is 22.2 Å². The Labute approximate surface area is 104 Å². The molecule has 6 nitrogen and oxygen atoms in total. The molecule has 1 aromatic carbocycles. The number of hydrogen-bond acceptors (Lipinski definition) is 6. The van der Waals surface area contributed by atoms with Gasteiger partial charge in [0.05, 0.1) is 15.5 Å². The van der Waals surface area contributed by atoms with Crippen LogP contribution in [0, 0.1) is 10.1 Å². The average Bonchev–Trinajstić information content (AvgIpc) is 2.22. The summed E-state index contributed by atoms with van der Waals surface area (Å²) in [5.41, 5.74) is 17.6. The molecule has 0 fully saturated rings. The molecule has 0 saturated carbocycles. The summed E-state index contributed by atoms with van der Waals surface area (Å²) in [6.07, 6.45) is 0.744. The van der Waals surface area contributed by atoms with E-state index in [0.717, 1.165) is 6.42 Å². The molecule has 0 radical (unpaired) electrons.